The van der Waals surface area contributed by atoms with Gasteiger partial charge in [0.25, 0.3) is 0 Å². The van der Waals surface area contributed by atoms with Crippen LogP contribution < -0.4 is 5.32 Å². The third-order valence-corrected chi connectivity index (χ3v) is 3.39. The van der Waals surface area contributed by atoms with Crippen LogP contribution in [-0.2, 0) is 6.42 Å². The van der Waals surface area contributed by atoms with Crippen molar-refractivity contribution < 1.29 is 0 Å². The second-order valence-corrected chi connectivity index (χ2v) is 5.27. The predicted molar refractivity (Wildman–Crippen MR) is 66.5 cm³/mol. The Bertz CT molecular complexity index is 352. The predicted octanol–water partition coefficient (Wildman–Crippen LogP) is 3.80. The van der Waals surface area contributed by atoms with E-state index in [1.807, 2.05) is 0 Å². The topological polar surface area (TPSA) is 12.0 Å². The number of benzene rings is 1. The lowest BCUT2D eigenvalue weighted by Crippen LogP contribution is -2.21. The maximum atomic E-state index is 3.63. The average Bonchev–Trinajstić information content (AvgIpc) is 2.59. The maximum Gasteiger partial charge on any atom is 0.0378 e. The first-order valence-electron chi connectivity index (χ1n) is 5.97. The summed E-state index contributed by atoms with van der Waals surface area (Å²) in [6, 6.07) is 7.51. The minimum atomic E-state index is 0.621. The summed E-state index contributed by atoms with van der Waals surface area (Å²) in [5, 5.41) is 3.63. The fraction of sp³-hybridized carbons (Fsp3) is 0.571. The lowest BCUT2D eigenvalue weighted by molar-refractivity contribution is 0.538. The highest BCUT2D eigenvalue weighted by atomic mass is 15.0. The molecule has 1 heterocycles. The summed E-state index contributed by atoms with van der Waals surface area (Å²) in [6.07, 6.45) is 1.19. The molecule has 0 saturated carbocycles. The van der Waals surface area contributed by atoms with E-state index in [2.05, 4.69) is 51.2 Å². The third kappa shape index (κ3) is 2.01. The van der Waals surface area contributed by atoms with Crippen LogP contribution in [-0.4, -0.2) is 6.04 Å². The number of hydrogen-bond acceptors (Lipinski definition) is 1. The van der Waals surface area contributed by atoms with E-state index >= 15 is 0 Å². The highest BCUT2D eigenvalue weighted by molar-refractivity contribution is 5.58. The quantitative estimate of drug-likeness (QED) is 0.771. The van der Waals surface area contributed by atoms with E-state index in [-0.39, 0.29) is 0 Å². The van der Waals surface area contributed by atoms with Crippen molar-refractivity contribution in [2.75, 3.05) is 5.32 Å². The molecule has 1 aliphatic heterocycles. The molecule has 1 nitrogen and oxygen atoms in total. The van der Waals surface area contributed by atoms with E-state index in [1.54, 1.807) is 0 Å². The van der Waals surface area contributed by atoms with Gasteiger partial charge >= 0.3 is 0 Å². The van der Waals surface area contributed by atoms with Crippen molar-refractivity contribution in [3.63, 3.8) is 0 Å². The molecule has 0 fully saturated rings. The molecule has 0 amide bonds. The molecule has 1 aliphatic rings. The summed E-state index contributed by atoms with van der Waals surface area (Å²) in [5.74, 6) is 1.33. The summed E-state index contributed by atoms with van der Waals surface area (Å²) >= 11 is 0. The SMILES string of the molecule is CC(C)c1ccc2c(c1)NC(C(C)C)C2. The van der Waals surface area contributed by atoms with Crippen LogP contribution >= 0.6 is 0 Å². The highest BCUT2D eigenvalue weighted by Crippen LogP contribution is 2.31. The molecule has 1 heteroatoms. The molecule has 1 atom stereocenters. The Morgan fingerprint density at radius 3 is 2.53 bits per heavy atom. The molecule has 15 heavy (non-hydrogen) atoms. The summed E-state index contributed by atoms with van der Waals surface area (Å²) in [4.78, 5) is 0. The van der Waals surface area contributed by atoms with E-state index in [4.69, 9.17) is 0 Å². The van der Waals surface area contributed by atoms with Crippen molar-refractivity contribution in [1.29, 1.82) is 0 Å². The third-order valence-electron chi connectivity index (χ3n) is 3.39. The van der Waals surface area contributed by atoms with Gasteiger partial charge in [-0.15, -0.1) is 0 Å². The van der Waals surface area contributed by atoms with Gasteiger partial charge < -0.3 is 5.32 Å². The summed E-state index contributed by atoms with van der Waals surface area (Å²) < 4.78 is 0. The summed E-state index contributed by atoms with van der Waals surface area (Å²) in [6.45, 7) is 9.06. The maximum absolute atomic E-state index is 3.63. The molecule has 1 aromatic rings. The first kappa shape index (κ1) is 10.5. The monoisotopic (exact) mass is 203 g/mol. The summed E-state index contributed by atoms with van der Waals surface area (Å²) in [5.41, 5.74) is 4.28. The van der Waals surface area contributed by atoms with Crippen molar-refractivity contribution in [2.45, 2.75) is 46.1 Å². The van der Waals surface area contributed by atoms with E-state index in [1.165, 1.54) is 23.2 Å². The molecule has 0 aromatic heterocycles. The number of anilines is 1. The summed E-state index contributed by atoms with van der Waals surface area (Å²) in [7, 11) is 0. The zero-order chi connectivity index (χ0) is 11.0. The Morgan fingerprint density at radius 2 is 1.93 bits per heavy atom. The van der Waals surface area contributed by atoms with Crippen molar-refractivity contribution in [2.24, 2.45) is 5.92 Å². The van der Waals surface area contributed by atoms with Crippen molar-refractivity contribution in [3.8, 4) is 0 Å². The Hall–Kier alpha value is -0.980. The average molecular weight is 203 g/mol. The van der Waals surface area contributed by atoms with Gasteiger partial charge in [0.15, 0.2) is 0 Å². The zero-order valence-electron chi connectivity index (χ0n) is 10.2. The lowest BCUT2D eigenvalue weighted by atomic mass is 9.98. The number of hydrogen-bond donors (Lipinski definition) is 1. The normalized spacial score (nSPS) is 19.5. The zero-order valence-corrected chi connectivity index (χ0v) is 10.2. The Balaban J connectivity index is 2.24. The Labute approximate surface area is 92.9 Å². The van der Waals surface area contributed by atoms with Crippen LogP contribution in [0.1, 0.15) is 44.7 Å². The molecule has 1 unspecified atom stereocenters. The van der Waals surface area contributed by atoms with Gasteiger partial charge in [-0.25, -0.2) is 0 Å². The van der Waals surface area contributed by atoms with Gasteiger partial charge in [-0.3, -0.25) is 0 Å². The standard InChI is InChI=1S/C14H21N/c1-9(2)11-5-6-12-8-13(10(3)4)15-14(12)7-11/h5-7,9-10,13,15H,8H2,1-4H3. The molecular formula is C14H21N. The van der Waals surface area contributed by atoms with E-state index < -0.39 is 0 Å². The molecular weight excluding hydrogens is 182 g/mol. The van der Waals surface area contributed by atoms with Crippen LogP contribution in [0.15, 0.2) is 18.2 Å². The molecule has 1 N–H and O–H groups in total. The second kappa shape index (κ2) is 3.88. The van der Waals surface area contributed by atoms with Crippen molar-refractivity contribution in [1.82, 2.24) is 0 Å². The highest BCUT2D eigenvalue weighted by Gasteiger charge is 2.23. The Kier molecular flexibility index (Phi) is 2.72. The minimum Gasteiger partial charge on any atom is -0.381 e. The molecule has 1 aromatic carbocycles. The molecule has 0 aliphatic carbocycles. The fourth-order valence-corrected chi connectivity index (χ4v) is 2.16. The van der Waals surface area contributed by atoms with Gasteiger partial charge in [-0.2, -0.15) is 0 Å². The smallest absolute Gasteiger partial charge is 0.0378 e. The van der Waals surface area contributed by atoms with Crippen LogP contribution in [0.3, 0.4) is 0 Å². The van der Waals surface area contributed by atoms with Gasteiger partial charge in [0.2, 0.25) is 0 Å². The number of nitrogens with one attached hydrogen (secondary N) is 1. The van der Waals surface area contributed by atoms with Gasteiger partial charge in [-0.05, 0) is 35.4 Å². The Morgan fingerprint density at radius 1 is 1.20 bits per heavy atom. The number of rotatable bonds is 2. The van der Waals surface area contributed by atoms with Crippen LogP contribution in [0.4, 0.5) is 5.69 Å². The largest absolute Gasteiger partial charge is 0.381 e. The molecule has 82 valence electrons. The molecule has 0 spiro atoms. The van der Waals surface area contributed by atoms with E-state index in [0.717, 1.165) is 0 Å². The number of fused-ring (bicyclic) bond motifs is 1. The van der Waals surface area contributed by atoms with Gasteiger partial charge in [0, 0.05) is 11.7 Å². The minimum absolute atomic E-state index is 0.621. The van der Waals surface area contributed by atoms with E-state index in [9.17, 15) is 0 Å². The van der Waals surface area contributed by atoms with Gasteiger partial charge in [-0.1, -0.05) is 39.8 Å². The van der Waals surface area contributed by atoms with Crippen molar-refractivity contribution in [3.05, 3.63) is 29.3 Å². The van der Waals surface area contributed by atoms with Gasteiger partial charge in [0.05, 0.1) is 0 Å². The van der Waals surface area contributed by atoms with E-state index in [0.29, 0.717) is 17.9 Å². The first-order valence-corrected chi connectivity index (χ1v) is 5.97. The molecule has 0 bridgehead atoms. The second-order valence-electron chi connectivity index (χ2n) is 5.27. The molecule has 2 rings (SSSR count). The first-order chi connectivity index (χ1) is 7.08. The van der Waals surface area contributed by atoms with Crippen LogP contribution in [0, 0.1) is 5.92 Å². The lowest BCUT2D eigenvalue weighted by Gasteiger charge is -2.15. The fourth-order valence-electron chi connectivity index (χ4n) is 2.16. The molecule has 0 saturated heterocycles. The van der Waals surface area contributed by atoms with Gasteiger partial charge in [0.1, 0.15) is 0 Å². The van der Waals surface area contributed by atoms with Crippen LogP contribution in [0.5, 0.6) is 0 Å². The van der Waals surface area contributed by atoms with Crippen LogP contribution in [0.2, 0.25) is 0 Å². The van der Waals surface area contributed by atoms with Crippen LogP contribution in [0.25, 0.3) is 0 Å². The molecule has 0 radical (unpaired) electrons. The van der Waals surface area contributed by atoms with Crippen molar-refractivity contribution >= 4 is 5.69 Å².